The van der Waals surface area contributed by atoms with E-state index in [2.05, 4.69) is 21.9 Å². The molecule has 0 aromatic carbocycles. The molecule has 0 aliphatic rings. The zero-order valence-electron chi connectivity index (χ0n) is 12.9. The Morgan fingerprint density at radius 3 is 2.64 bits per heavy atom. The van der Waals surface area contributed by atoms with Gasteiger partial charge in [0, 0.05) is 23.9 Å². The zero-order valence-corrected chi connectivity index (χ0v) is 13.6. The van der Waals surface area contributed by atoms with Crippen LogP contribution in [0.3, 0.4) is 0 Å². The number of hydrogen-bond acceptors (Lipinski definition) is 5. The topological polar surface area (TPSA) is 57.1 Å². The van der Waals surface area contributed by atoms with Gasteiger partial charge in [0.05, 0.1) is 19.4 Å². The summed E-state index contributed by atoms with van der Waals surface area (Å²) in [6, 6.07) is 5.44. The van der Waals surface area contributed by atoms with Crippen LogP contribution in [0.2, 0.25) is 5.28 Å². The lowest BCUT2D eigenvalue weighted by atomic mass is 10.2. The van der Waals surface area contributed by atoms with Gasteiger partial charge < -0.3 is 9.47 Å². The molecule has 0 N–H and O–H groups in total. The van der Waals surface area contributed by atoms with Crippen molar-refractivity contribution in [3.8, 4) is 23.0 Å². The van der Waals surface area contributed by atoms with E-state index in [4.69, 9.17) is 21.1 Å². The molecule has 2 aromatic rings. The van der Waals surface area contributed by atoms with Gasteiger partial charge in [-0.3, -0.25) is 0 Å². The summed E-state index contributed by atoms with van der Waals surface area (Å²) in [5.74, 6) is 1.04. The Balaban J connectivity index is 1.98. The Morgan fingerprint density at radius 2 is 1.95 bits per heavy atom. The SMILES string of the molecule is CCCCCCOc1ccc(-c2cc(OC)nc(Cl)n2)cn1. The van der Waals surface area contributed by atoms with E-state index in [1.54, 1.807) is 12.3 Å². The van der Waals surface area contributed by atoms with Crippen molar-refractivity contribution in [1.29, 1.82) is 0 Å². The monoisotopic (exact) mass is 321 g/mol. The van der Waals surface area contributed by atoms with Crippen LogP contribution in [0.15, 0.2) is 24.4 Å². The Hall–Kier alpha value is -1.88. The summed E-state index contributed by atoms with van der Waals surface area (Å²) >= 11 is 5.87. The maximum atomic E-state index is 5.87. The van der Waals surface area contributed by atoms with Gasteiger partial charge in [0.2, 0.25) is 17.0 Å². The van der Waals surface area contributed by atoms with E-state index < -0.39 is 0 Å². The summed E-state index contributed by atoms with van der Waals surface area (Å²) in [6.45, 7) is 2.88. The minimum Gasteiger partial charge on any atom is -0.481 e. The molecule has 0 aliphatic heterocycles. The first-order valence-corrected chi connectivity index (χ1v) is 7.78. The third kappa shape index (κ3) is 4.84. The fourth-order valence-corrected chi connectivity index (χ4v) is 2.15. The molecule has 0 saturated carbocycles. The van der Waals surface area contributed by atoms with Gasteiger partial charge in [-0.05, 0) is 24.1 Å². The maximum absolute atomic E-state index is 5.87. The lowest BCUT2D eigenvalue weighted by Crippen LogP contribution is -1.99. The van der Waals surface area contributed by atoms with E-state index in [-0.39, 0.29) is 5.28 Å². The van der Waals surface area contributed by atoms with E-state index in [0.717, 1.165) is 12.0 Å². The first-order valence-electron chi connectivity index (χ1n) is 7.40. The second-order valence-electron chi connectivity index (χ2n) is 4.86. The normalized spacial score (nSPS) is 10.5. The van der Waals surface area contributed by atoms with Crippen molar-refractivity contribution in [3.63, 3.8) is 0 Å². The second kappa shape index (κ2) is 8.54. The predicted octanol–water partition coefficient (Wildman–Crippen LogP) is 4.16. The summed E-state index contributed by atoms with van der Waals surface area (Å²) in [5, 5.41) is 0.144. The Labute approximate surface area is 135 Å². The Kier molecular flexibility index (Phi) is 6.40. The number of nitrogens with zero attached hydrogens (tertiary/aromatic N) is 3. The number of halogens is 1. The van der Waals surface area contributed by atoms with Gasteiger partial charge in [0.1, 0.15) is 0 Å². The molecule has 22 heavy (non-hydrogen) atoms. The lowest BCUT2D eigenvalue weighted by molar-refractivity contribution is 0.294. The van der Waals surface area contributed by atoms with Crippen molar-refractivity contribution in [1.82, 2.24) is 15.0 Å². The highest BCUT2D eigenvalue weighted by Gasteiger charge is 2.06. The minimum absolute atomic E-state index is 0.144. The number of aromatic nitrogens is 3. The van der Waals surface area contributed by atoms with Crippen LogP contribution in [0, 0.1) is 0 Å². The molecule has 2 aromatic heterocycles. The van der Waals surface area contributed by atoms with E-state index in [1.165, 1.54) is 26.4 Å². The number of rotatable bonds is 8. The lowest BCUT2D eigenvalue weighted by Gasteiger charge is -2.07. The van der Waals surface area contributed by atoms with Gasteiger partial charge in [-0.1, -0.05) is 26.2 Å². The van der Waals surface area contributed by atoms with Crippen LogP contribution in [0.5, 0.6) is 11.8 Å². The van der Waals surface area contributed by atoms with Crippen molar-refractivity contribution in [2.24, 2.45) is 0 Å². The van der Waals surface area contributed by atoms with E-state index >= 15 is 0 Å². The highest BCUT2D eigenvalue weighted by molar-refractivity contribution is 6.28. The number of pyridine rings is 1. The first-order chi connectivity index (χ1) is 10.7. The molecule has 0 radical (unpaired) electrons. The number of ether oxygens (including phenoxy) is 2. The quantitative estimate of drug-likeness (QED) is 0.539. The molecule has 0 atom stereocenters. The van der Waals surface area contributed by atoms with Gasteiger partial charge in [0.25, 0.3) is 0 Å². The molecule has 0 spiro atoms. The van der Waals surface area contributed by atoms with Crippen molar-refractivity contribution < 1.29 is 9.47 Å². The summed E-state index contributed by atoms with van der Waals surface area (Å²) < 4.78 is 10.7. The molecule has 2 rings (SSSR count). The third-order valence-corrected chi connectivity index (χ3v) is 3.33. The highest BCUT2D eigenvalue weighted by Crippen LogP contribution is 2.23. The standard InChI is InChI=1S/C16H20ClN3O2/c1-3-4-5-6-9-22-14-8-7-12(11-18-14)13-10-15(21-2)20-16(17)19-13/h7-8,10-11H,3-6,9H2,1-2H3. The number of hydrogen-bond donors (Lipinski definition) is 0. The summed E-state index contributed by atoms with van der Waals surface area (Å²) in [6.07, 6.45) is 6.41. The molecule has 2 heterocycles. The van der Waals surface area contributed by atoms with Crippen LogP contribution in [-0.2, 0) is 0 Å². The molecule has 0 fully saturated rings. The Bertz CT molecular complexity index is 590. The van der Waals surface area contributed by atoms with Gasteiger partial charge in [-0.25, -0.2) is 9.97 Å². The minimum atomic E-state index is 0.144. The third-order valence-electron chi connectivity index (χ3n) is 3.16. The molecule has 118 valence electrons. The van der Waals surface area contributed by atoms with Crippen LogP contribution in [-0.4, -0.2) is 28.7 Å². The largest absolute Gasteiger partial charge is 0.481 e. The molecule has 6 heteroatoms. The van der Waals surface area contributed by atoms with Crippen LogP contribution in [0.4, 0.5) is 0 Å². The molecule has 0 aliphatic carbocycles. The van der Waals surface area contributed by atoms with E-state index in [9.17, 15) is 0 Å². The molecule has 0 saturated heterocycles. The fourth-order valence-electron chi connectivity index (χ4n) is 1.97. The van der Waals surface area contributed by atoms with Gasteiger partial charge in [-0.2, -0.15) is 4.98 Å². The number of unbranched alkanes of at least 4 members (excludes halogenated alkanes) is 3. The number of methoxy groups -OCH3 is 1. The average Bonchev–Trinajstić information content (AvgIpc) is 2.54. The zero-order chi connectivity index (χ0) is 15.8. The van der Waals surface area contributed by atoms with Crippen LogP contribution in [0.1, 0.15) is 32.6 Å². The van der Waals surface area contributed by atoms with Gasteiger partial charge in [0.15, 0.2) is 0 Å². The smallest absolute Gasteiger partial charge is 0.226 e. The fraction of sp³-hybridized carbons (Fsp3) is 0.438. The average molecular weight is 322 g/mol. The summed E-state index contributed by atoms with van der Waals surface area (Å²) in [7, 11) is 1.54. The molecular formula is C16H20ClN3O2. The molecular weight excluding hydrogens is 302 g/mol. The first kappa shape index (κ1) is 16.5. The molecule has 0 amide bonds. The second-order valence-corrected chi connectivity index (χ2v) is 5.20. The van der Waals surface area contributed by atoms with Crippen LogP contribution in [0.25, 0.3) is 11.3 Å². The van der Waals surface area contributed by atoms with Gasteiger partial charge >= 0.3 is 0 Å². The van der Waals surface area contributed by atoms with E-state index in [0.29, 0.717) is 24.1 Å². The van der Waals surface area contributed by atoms with Crippen molar-refractivity contribution in [3.05, 3.63) is 29.7 Å². The summed E-state index contributed by atoms with van der Waals surface area (Å²) in [4.78, 5) is 12.4. The van der Waals surface area contributed by atoms with Crippen molar-refractivity contribution in [2.75, 3.05) is 13.7 Å². The van der Waals surface area contributed by atoms with Crippen molar-refractivity contribution >= 4 is 11.6 Å². The molecule has 0 bridgehead atoms. The van der Waals surface area contributed by atoms with Crippen molar-refractivity contribution in [2.45, 2.75) is 32.6 Å². The highest BCUT2D eigenvalue weighted by atomic mass is 35.5. The molecule has 0 unspecified atom stereocenters. The Morgan fingerprint density at radius 1 is 1.09 bits per heavy atom. The maximum Gasteiger partial charge on any atom is 0.226 e. The van der Waals surface area contributed by atoms with Gasteiger partial charge in [-0.15, -0.1) is 0 Å². The predicted molar refractivity (Wildman–Crippen MR) is 86.5 cm³/mol. The molecule has 5 nitrogen and oxygen atoms in total. The van der Waals surface area contributed by atoms with Crippen LogP contribution < -0.4 is 9.47 Å². The van der Waals surface area contributed by atoms with Crippen LogP contribution >= 0.6 is 11.6 Å². The van der Waals surface area contributed by atoms with E-state index in [1.807, 2.05) is 12.1 Å². The summed E-state index contributed by atoms with van der Waals surface area (Å²) in [5.41, 5.74) is 1.50.